The Bertz CT molecular complexity index is 300. The Kier molecular flexibility index (Phi) is 3.60. The molecule has 4 heteroatoms. The van der Waals surface area contributed by atoms with Gasteiger partial charge in [-0.2, -0.15) is 0 Å². The average Bonchev–Trinajstić information content (AvgIpc) is 2.51. The summed E-state index contributed by atoms with van der Waals surface area (Å²) < 4.78 is 1.22. The summed E-state index contributed by atoms with van der Waals surface area (Å²) in [5.74, 6) is 0. The molecule has 14 heavy (non-hydrogen) atoms. The van der Waals surface area contributed by atoms with Crippen molar-refractivity contribution in [3.05, 3.63) is 20.8 Å². The lowest BCUT2D eigenvalue weighted by Crippen LogP contribution is -2.42. The van der Waals surface area contributed by atoms with E-state index < -0.39 is 0 Å². The maximum atomic E-state index is 5.94. The molecule has 1 atom stereocenters. The fourth-order valence-corrected chi connectivity index (χ4v) is 3.42. The molecule has 0 aromatic carbocycles. The van der Waals surface area contributed by atoms with Gasteiger partial charge in [-0.15, -0.1) is 11.3 Å². The first-order valence-electron chi connectivity index (χ1n) is 4.96. The van der Waals surface area contributed by atoms with Gasteiger partial charge in [-0.25, -0.2) is 0 Å². The first kappa shape index (κ1) is 10.6. The molecule has 0 saturated carbocycles. The molecule has 1 saturated heterocycles. The van der Waals surface area contributed by atoms with E-state index in [0.717, 1.165) is 13.1 Å². The van der Waals surface area contributed by atoms with Gasteiger partial charge in [0.05, 0.1) is 3.79 Å². The number of halogens is 1. The molecule has 0 unspecified atom stereocenters. The maximum Gasteiger partial charge on any atom is 0.0701 e. The minimum absolute atomic E-state index is 0.382. The van der Waals surface area contributed by atoms with Gasteiger partial charge in [-0.3, -0.25) is 4.90 Å². The van der Waals surface area contributed by atoms with Crippen molar-refractivity contribution in [1.29, 1.82) is 0 Å². The molecular formula is C10H15BrN2S. The van der Waals surface area contributed by atoms with Crippen molar-refractivity contribution in [2.45, 2.75) is 25.4 Å². The van der Waals surface area contributed by atoms with Gasteiger partial charge in [0.1, 0.15) is 0 Å². The molecule has 0 aliphatic carbocycles. The maximum absolute atomic E-state index is 5.94. The second-order valence-electron chi connectivity index (χ2n) is 3.84. The van der Waals surface area contributed by atoms with Crippen LogP contribution in [0.15, 0.2) is 15.9 Å². The topological polar surface area (TPSA) is 29.3 Å². The van der Waals surface area contributed by atoms with Crippen molar-refractivity contribution in [3.63, 3.8) is 0 Å². The van der Waals surface area contributed by atoms with Crippen LogP contribution < -0.4 is 5.73 Å². The molecule has 2 rings (SSSR count). The molecule has 2 nitrogen and oxygen atoms in total. The highest BCUT2D eigenvalue weighted by atomic mass is 79.9. The zero-order valence-corrected chi connectivity index (χ0v) is 10.5. The van der Waals surface area contributed by atoms with Crippen LogP contribution in [-0.4, -0.2) is 24.0 Å². The highest BCUT2D eigenvalue weighted by Gasteiger charge is 2.16. The summed E-state index contributed by atoms with van der Waals surface area (Å²) in [7, 11) is 0. The van der Waals surface area contributed by atoms with Crippen molar-refractivity contribution in [3.8, 4) is 0 Å². The predicted octanol–water partition coefficient (Wildman–Crippen LogP) is 2.43. The van der Waals surface area contributed by atoms with Gasteiger partial charge in [0.2, 0.25) is 0 Å². The predicted molar refractivity (Wildman–Crippen MR) is 64.5 cm³/mol. The summed E-state index contributed by atoms with van der Waals surface area (Å²) in [4.78, 5) is 3.87. The Morgan fingerprint density at radius 1 is 1.57 bits per heavy atom. The van der Waals surface area contributed by atoms with Crippen molar-refractivity contribution < 1.29 is 0 Å². The summed E-state index contributed by atoms with van der Waals surface area (Å²) in [6.45, 7) is 3.31. The van der Waals surface area contributed by atoms with Crippen LogP contribution in [-0.2, 0) is 6.54 Å². The Morgan fingerprint density at radius 3 is 3.07 bits per heavy atom. The van der Waals surface area contributed by atoms with Gasteiger partial charge in [-0.05, 0) is 47.4 Å². The van der Waals surface area contributed by atoms with Crippen LogP contribution in [0.25, 0.3) is 0 Å². The molecule has 0 bridgehead atoms. The number of nitrogens with two attached hydrogens (primary N) is 1. The summed E-state index contributed by atoms with van der Waals surface area (Å²) in [5.41, 5.74) is 5.94. The SMILES string of the molecule is N[C@H]1CCCN(Cc2ccc(Br)s2)C1. The largest absolute Gasteiger partial charge is 0.327 e. The standard InChI is InChI=1S/C10H15BrN2S/c11-10-4-3-9(14-10)7-13-5-1-2-8(12)6-13/h3-4,8H,1-2,5-7,12H2/t8-/m0/s1. The molecular weight excluding hydrogens is 260 g/mol. The second kappa shape index (κ2) is 4.75. The quantitative estimate of drug-likeness (QED) is 0.898. The minimum atomic E-state index is 0.382. The molecule has 1 aromatic heterocycles. The number of likely N-dealkylation sites (tertiary alicyclic amines) is 1. The van der Waals surface area contributed by atoms with Crippen molar-refractivity contribution in [2.75, 3.05) is 13.1 Å². The third-order valence-corrected chi connectivity index (χ3v) is 4.16. The van der Waals surface area contributed by atoms with E-state index in [-0.39, 0.29) is 0 Å². The van der Waals surface area contributed by atoms with Crippen LogP contribution >= 0.6 is 27.3 Å². The van der Waals surface area contributed by atoms with Crippen LogP contribution in [0, 0.1) is 0 Å². The number of rotatable bonds is 2. The minimum Gasteiger partial charge on any atom is -0.327 e. The van der Waals surface area contributed by atoms with Gasteiger partial charge >= 0.3 is 0 Å². The lowest BCUT2D eigenvalue weighted by Gasteiger charge is -2.30. The Labute approximate surface area is 97.2 Å². The number of thiophene rings is 1. The molecule has 78 valence electrons. The fraction of sp³-hybridized carbons (Fsp3) is 0.600. The highest BCUT2D eigenvalue weighted by Crippen LogP contribution is 2.24. The number of hydrogen-bond acceptors (Lipinski definition) is 3. The fourth-order valence-electron chi connectivity index (χ4n) is 1.89. The molecule has 1 aromatic rings. The Morgan fingerprint density at radius 2 is 2.43 bits per heavy atom. The van der Waals surface area contributed by atoms with Crippen LogP contribution in [0.4, 0.5) is 0 Å². The molecule has 2 N–H and O–H groups in total. The number of piperidine rings is 1. The number of hydrogen-bond donors (Lipinski definition) is 1. The van der Waals surface area contributed by atoms with Gasteiger partial charge < -0.3 is 5.73 Å². The van der Waals surface area contributed by atoms with Crippen molar-refractivity contribution in [2.24, 2.45) is 5.73 Å². The molecule has 1 aliphatic heterocycles. The van der Waals surface area contributed by atoms with E-state index in [1.54, 1.807) is 0 Å². The zero-order valence-electron chi connectivity index (χ0n) is 8.08. The molecule has 1 fully saturated rings. The Hall–Kier alpha value is 0.1000. The van der Waals surface area contributed by atoms with E-state index in [0.29, 0.717) is 6.04 Å². The average molecular weight is 275 g/mol. The van der Waals surface area contributed by atoms with Gasteiger partial charge in [0, 0.05) is 24.0 Å². The molecule has 0 radical (unpaired) electrons. The van der Waals surface area contributed by atoms with E-state index in [2.05, 4.69) is 33.0 Å². The van der Waals surface area contributed by atoms with Gasteiger partial charge in [0.25, 0.3) is 0 Å². The van der Waals surface area contributed by atoms with E-state index in [4.69, 9.17) is 5.73 Å². The van der Waals surface area contributed by atoms with Gasteiger partial charge in [-0.1, -0.05) is 0 Å². The summed E-state index contributed by atoms with van der Waals surface area (Å²) in [6.07, 6.45) is 2.43. The van der Waals surface area contributed by atoms with Gasteiger partial charge in [0.15, 0.2) is 0 Å². The Balaban J connectivity index is 1.90. The lowest BCUT2D eigenvalue weighted by atomic mass is 10.1. The third kappa shape index (κ3) is 2.79. The summed E-state index contributed by atoms with van der Waals surface area (Å²) in [5, 5.41) is 0. The van der Waals surface area contributed by atoms with E-state index >= 15 is 0 Å². The monoisotopic (exact) mass is 274 g/mol. The second-order valence-corrected chi connectivity index (χ2v) is 6.39. The molecule has 0 spiro atoms. The number of nitrogens with zero attached hydrogens (tertiary/aromatic N) is 1. The third-order valence-electron chi connectivity index (χ3n) is 2.55. The van der Waals surface area contributed by atoms with Crippen molar-refractivity contribution in [1.82, 2.24) is 4.90 Å². The van der Waals surface area contributed by atoms with Crippen molar-refractivity contribution >= 4 is 27.3 Å². The summed E-state index contributed by atoms with van der Waals surface area (Å²) in [6, 6.07) is 4.69. The van der Waals surface area contributed by atoms with Crippen LogP contribution in [0.1, 0.15) is 17.7 Å². The normalized spacial score (nSPS) is 24.0. The van der Waals surface area contributed by atoms with E-state index in [1.807, 2.05) is 11.3 Å². The van der Waals surface area contributed by atoms with E-state index in [9.17, 15) is 0 Å². The first-order valence-corrected chi connectivity index (χ1v) is 6.57. The van der Waals surface area contributed by atoms with Crippen LogP contribution in [0.5, 0.6) is 0 Å². The highest BCUT2D eigenvalue weighted by molar-refractivity contribution is 9.11. The molecule has 1 aliphatic rings. The van der Waals surface area contributed by atoms with Crippen LogP contribution in [0.2, 0.25) is 0 Å². The van der Waals surface area contributed by atoms with E-state index in [1.165, 1.54) is 28.0 Å². The molecule has 0 amide bonds. The molecule has 2 heterocycles. The zero-order chi connectivity index (χ0) is 9.97. The van der Waals surface area contributed by atoms with Crippen LogP contribution in [0.3, 0.4) is 0 Å². The lowest BCUT2D eigenvalue weighted by molar-refractivity contribution is 0.203. The smallest absolute Gasteiger partial charge is 0.0701 e. The first-order chi connectivity index (χ1) is 6.74. The summed E-state index contributed by atoms with van der Waals surface area (Å²) >= 11 is 5.30.